The number of benzene rings is 1. The summed E-state index contributed by atoms with van der Waals surface area (Å²) in [6.07, 6.45) is 4.39. The zero-order chi connectivity index (χ0) is 12.4. The van der Waals surface area contributed by atoms with Gasteiger partial charge >= 0.3 is 0 Å². The van der Waals surface area contributed by atoms with E-state index in [1.54, 1.807) is 12.4 Å². The smallest absolute Gasteiger partial charge is 0.223 e. The minimum absolute atomic E-state index is 0.205. The van der Waals surface area contributed by atoms with Gasteiger partial charge in [-0.15, -0.1) is 0 Å². The maximum atomic E-state index is 5.62. The molecule has 0 aliphatic carbocycles. The van der Waals surface area contributed by atoms with Gasteiger partial charge in [-0.1, -0.05) is 18.2 Å². The summed E-state index contributed by atoms with van der Waals surface area (Å²) in [5, 5.41) is 3.34. The molecule has 2 aromatic rings. The molecule has 1 aliphatic heterocycles. The summed E-state index contributed by atoms with van der Waals surface area (Å²) in [7, 11) is 0. The van der Waals surface area contributed by atoms with Crippen LogP contribution in [0.4, 0.5) is 5.95 Å². The average molecular weight is 306 g/mol. The third-order valence-corrected chi connectivity index (χ3v) is 3.29. The Bertz CT molecular complexity index is 544. The highest BCUT2D eigenvalue weighted by atomic mass is 79.9. The number of nitrogens with zero attached hydrogens (tertiary/aromatic N) is 2. The van der Waals surface area contributed by atoms with Crippen LogP contribution in [0.1, 0.15) is 18.0 Å². The van der Waals surface area contributed by atoms with Gasteiger partial charge in [0.15, 0.2) is 0 Å². The second-order valence-electron chi connectivity index (χ2n) is 4.10. The van der Waals surface area contributed by atoms with Crippen molar-refractivity contribution in [2.24, 2.45) is 0 Å². The van der Waals surface area contributed by atoms with Crippen LogP contribution in [0.25, 0.3) is 0 Å². The Balaban J connectivity index is 1.84. The lowest BCUT2D eigenvalue weighted by atomic mass is 10.0. The second kappa shape index (κ2) is 4.94. The van der Waals surface area contributed by atoms with E-state index in [2.05, 4.69) is 37.3 Å². The Labute approximate surface area is 114 Å². The largest absolute Gasteiger partial charge is 0.493 e. The fourth-order valence-electron chi connectivity index (χ4n) is 2.03. The van der Waals surface area contributed by atoms with E-state index in [-0.39, 0.29) is 6.04 Å². The highest BCUT2D eigenvalue weighted by molar-refractivity contribution is 9.10. The fourth-order valence-corrected chi connectivity index (χ4v) is 2.24. The number of anilines is 1. The average Bonchev–Trinajstić information content (AvgIpc) is 2.42. The van der Waals surface area contributed by atoms with Crippen LogP contribution >= 0.6 is 15.9 Å². The number of halogens is 1. The molecule has 0 saturated heterocycles. The summed E-state index contributed by atoms with van der Waals surface area (Å²) in [5.41, 5.74) is 1.16. The number of ether oxygens (including phenoxy) is 1. The number of hydrogen-bond acceptors (Lipinski definition) is 4. The molecule has 5 heteroatoms. The van der Waals surface area contributed by atoms with Gasteiger partial charge in [-0.05, 0) is 22.0 Å². The summed E-state index contributed by atoms with van der Waals surface area (Å²) in [6, 6.07) is 8.27. The van der Waals surface area contributed by atoms with Crippen molar-refractivity contribution in [3.63, 3.8) is 0 Å². The normalized spacial score (nSPS) is 17.7. The molecule has 0 spiro atoms. The standard InChI is InChI=1S/C13H12BrN3O/c14-9-7-15-13(16-8-9)17-11-5-6-18-12-4-2-1-3-10(11)12/h1-4,7-8,11H,5-6H2,(H,15,16,17). The molecule has 0 saturated carbocycles. The van der Waals surface area contributed by atoms with E-state index in [0.29, 0.717) is 12.6 Å². The van der Waals surface area contributed by atoms with Crippen LogP contribution in [0.3, 0.4) is 0 Å². The molecule has 1 aromatic heterocycles. The summed E-state index contributed by atoms with van der Waals surface area (Å²) < 4.78 is 6.50. The zero-order valence-electron chi connectivity index (χ0n) is 9.64. The lowest BCUT2D eigenvalue weighted by Crippen LogP contribution is -2.21. The number of nitrogens with one attached hydrogen (secondary N) is 1. The monoisotopic (exact) mass is 305 g/mol. The Kier molecular flexibility index (Phi) is 3.15. The first kappa shape index (κ1) is 11.5. The molecule has 0 fully saturated rings. The summed E-state index contributed by atoms with van der Waals surface area (Å²) in [5.74, 6) is 1.58. The molecule has 2 heterocycles. The molecule has 3 rings (SSSR count). The second-order valence-corrected chi connectivity index (χ2v) is 5.01. The van der Waals surface area contributed by atoms with Gasteiger partial charge in [0.2, 0.25) is 5.95 Å². The van der Waals surface area contributed by atoms with Crippen molar-refractivity contribution in [2.75, 3.05) is 11.9 Å². The number of hydrogen-bond donors (Lipinski definition) is 1. The number of fused-ring (bicyclic) bond motifs is 1. The predicted molar refractivity (Wildman–Crippen MR) is 72.6 cm³/mol. The van der Waals surface area contributed by atoms with E-state index in [1.807, 2.05) is 18.2 Å². The van der Waals surface area contributed by atoms with Gasteiger partial charge < -0.3 is 10.1 Å². The van der Waals surface area contributed by atoms with E-state index >= 15 is 0 Å². The summed E-state index contributed by atoms with van der Waals surface area (Å²) in [4.78, 5) is 8.47. The highest BCUT2D eigenvalue weighted by Crippen LogP contribution is 2.33. The predicted octanol–water partition coefficient (Wildman–Crippen LogP) is 3.17. The molecule has 18 heavy (non-hydrogen) atoms. The lowest BCUT2D eigenvalue weighted by Gasteiger charge is -2.26. The van der Waals surface area contributed by atoms with Crippen LogP contribution in [0.5, 0.6) is 5.75 Å². The molecule has 1 N–H and O–H groups in total. The van der Waals surface area contributed by atoms with Crippen molar-refractivity contribution in [3.05, 3.63) is 46.7 Å². The molecule has 1 atom stereocenters. The summed E-state index contributed by atoms with van der Waals surface area (Å²) >= 11 is 3.32. The molecular formula is C13H12BrN3O. The van der Waals surface area contributed by atoms with Gasteiger partial charge in [0, 0.05) is 24.4 Å². The van der Waals surface area contributed by atoms with Crippen molar-refractivity contribution in [3.8, 4) is 5.75 Å². The quantitative estimate of drug-likeness (QED) is 0.926. The van der Waals surface area contributed by atoms with Crippen LogP contribution in [0.15, 0.2) is 41.1 Å². The van der Waals surface area contributed by atoms with Crippen molar-refractivity contribution in [1.29, 1.82) is 0 Å². The van der Waals surface area contributed by atoms with Crippen LogP contribution in [0.2, 0.25) is 0 Å². The van der Waals surface area contributed by atoms with Crippen molar-refractivity contribution < 1.29 is 4.74 Å². The molecule has 0 amide bonds. The molecule has 1 aliphatic rings. The molecule has 1 aromatic carbocycles. The third-order valence-electron chi connectivity index (χ3n) is 2.88. The van der Waals surface area contributed by atoms with Crippen molar-refractivity contribution in [1.82, 2.24) is 9.97 Å². The van der Waals surface area contributed by atoms with E-state index < -0.39 is 0 Å². The van der Waals surface area contributed by atoms with Gasteiger partial charge in [-0.3, -0.25) is 0 Å². The fraction of sp³-hybridized carbons (Fsp3) is 0.231. The topological polar surface area (TPSA) is 47.0 Å². The highest BCUT2D eigenvalue weighted by Gasteiger charge is 2.21. The van der Waals surface area contributed by atoms with E-state index in [4.69, 9.17) is 4.74 Å². The molecule has 4 nitrogen and oxygen atoms in total. The Morgan fingerprint density at radius 2 is 2.00 bits per heavy atom. The summed E-state index contributed by atoms with van der Waals surface area (Å²) in [6.45, 7) is 0.714. The molecule has 0 bridgehead atoms. The maximum absolute atomic E-state index is 5.62. The first-order valence-electron chi connectivity index (χ1n) is 5.79. The lowest BCUT2D eigenvalue weighted by molar-refractivity contribution is 0.274. The van der Waals surface area contributed by atoms with E-state index in [9.17, 15) is 0 Å². The maximum Gasteiger partial charge on any atom is 0.223 e. The third kappa shape index (κ3) is 2.31. The minimum Gasteiger partial charge on any atom is -0.493 e. The first-order chi connectivity index (χ1) is 8.83. The van der Waals surface area contributed by atoms with Crippen LogP contribution < -0.4 is 10.1 Å². The van der Waals surface area contributed by atoms with Gasteiger partial charge in [-0.2, -0.15) is 0 Å². The van der Waals surface area contributed by atoms with Crippen LogP contribution in [-0.2, 0) is 0 Å². The van der Waals surface area contributed by atoms with Gasteiger partial charge in [0.25, 0.3) is 0 Å². The zero-order valence-corrected chi connectivity index (χ0v) is 11.2. The van der Waals surface area contributed by atoms with E-state index in [1.165, 1.54) is 0 Å². The molecular weight excluding hydrogens is 294 g/mol. The number of para-hydroxylation sites is 1. The Morgan fingerprint density at radius 3 is 2.83 bits per heavy atom. The number of aromatic nitrogens is 2. The molecule has 92 valence electrons. The van der Waals surface area contributed by atoms with Crippen molar-refractivity contribution in [2.45, 2.75) is 12.5 Å². The van der Waals surface area contributed by atoms with Gasteiger partial charge in [-0.25, -0.2) is 9.97 Å². The number of rotatable bonds is 2. The van der Waals surface area contributed by atoms with Gasteiger partial charge in [0.05, 0.1) is 17.1 Å². The molecule has 0 radical (unpaired) electrons. The molecule has 1 unspecified atom stereocenters. The minimum atomic E-state index is 0.205. The van der Waals surface area contributed by atoms with Crippen LogP contribution in [-0.4, -0.2) is 16.6 Å². The van der Waals surface area contributed by atoms with Crippen LogP contribution in [0, 0.1) is 0 Å². The Morgan fingerprint density at radius 1 is 1.22 bits per heavy atom. The SMILES string of the molecule is Brc1cnc(NC2CCOc3ccccc32)nc1. The van der Waals surface area contributed by atoms with Crippen molar-refractivity contribution >= 4 is 21.9 Å². The first-order valence-corrected chi connectivity index (χ1v) is 6.58. The van der Waals surface area contributed by atoms with Gasteiger partial charge in [0.1, 0.15) is 5.75 Å². The van der Waals surface area contributed by atoms with E-state index in [0.717, 1.165) is 22.2 Å². The Hall–Kier alpha value is -1.62.